The molecule has 0 atom stereocenters. The lowest BCUT2D eigenvalue weighted by atomic mass is 10.2. The highest BCUT2D eigenvalue weighted by atomic mass is 127. The molecule has 160 valence electrons. The number of aryl methyl sites for hydroxylation is 2. The molecular weight excluding hydrogens is 485 g/mol. The van der Waals surface area contributed by atoms with Crippen LogP contribution in [0.3, 0.4) is 0 Å². The highest BCUT2D eigenvalue weighted by Gasteiger charge is 2.15. The van der Waals surface area contributed by atoms with E-state index in [2.05, 4.69) is 36.4 Å². The predicted octanol–water partition coefficient (Wildman–Crippen LogP) is 3.52. The molecule has 8 heteroatoms. The maximum atomic E-state index is 12.0. The van der Waals surface area contributed by atoms with Crippen molar-refractivity contribution in [2.24, 2.45) is 4.99 Å². The van der Waals surface area contributed by atoms with Crippen LogP contribution in [0, 0.1) is 6.92 Å². The maximum absolute atomic E-state index is 12.0. The minimum Gasteiger partial charge on any atom is -0.357 e. The first-order chi connectivity index (χ1) is 13.1. The van der Waals surface area contributed by atoms with Crippen LogP contribution in [0.15, 0.2) is 4.99 Å². The number of likely N-dealkylation sites (tertiary alicyclic amines) is 1. The summed E-state index contributed by atoms with van der Waals surface area (Å²) in [6.07, 6.45) is 6.89. The smallest absolute Gasteiger partial charge is 0.222 e. The average molecular weight is 522 g/mol. The standard InChI is InChI=1S/C20H35N5OS.HI/c1-4-17-16(3)27-18(24-17)11-13-23-20(21-5-2)22-12-9-15-25-14-8-6-7-10-19(25)26;/h4-15H2,1-3H3,(H2,21,22,23);1H. The number of carbonyl (C=O) groups is 1. The molecule has 0 spiro atoms. The topological polar surface area (TPSA) is 69.6 Å². The first-order valence-corrected chi connectivity index (χ1v) is 11.2. The molecule has 0 aromatic carbocycles. The maximum Gasteiger partial charge on any atom is 0.222 e. The van der Waals surface area contributed by atoms with E-state index in [0.29, 0.717) is 12.3 Å². The molecule has 1 amide bonds. The Kier molecular flexibility index (Phi) is 12.7. The number of guanidine groups is 1. The summed E-state index contributed by atoms with van der Waals surface area (Å²) in [6.45, 7) is 10.5. The number of hydrogen-bond donors (Lipinski definition) is 2. The van der Waals surface area contributed by atoms with E-state index in [-0.39, 0.29) is 24.0 Å². The van der Waals surface area contributed by atoms with Crippen molar-refractivity contribution in [3.63, 3.8) is 0 Å². The normalized spacial score (nSPS) is 15.2. The lowest BCUT2D eigenvalue weighted by Crippen LogP contribution is -2.38. The van der Waals surface area contributed by atoms with Crippen molar-refractivity contribution in [2.75, 3.05) is 32.7 Å². The Morgan fingerprint density at radius 2 is 2.07 bits per heavy atom. The molecule has 2 heterocycles. The minimum absolute atomic E-state index is 0. The Bertz CT molecular complexity index is 620. The summed E-state index contributed by atoms with van der Waals surface area (Å²) < 4.78 is 0. The SMILES string of the molecule is CCNC(=NCCCN1CCCCCC1=O)NCCc1nc(CC)c(C)s1.I. The second-order valence-corrected chi connectivity index (χ2v) is 8.23. The van der Waals surface area contributed by atoms with Crippen molar-refractivity contribution < 1.29 is 4.79 Å². The molecule has 0 aliphatic carbocycles. The second-order valence-electron chi connectivity index (χ2n) is 6.95. The van der Waals surface area contributed by atoms with Crippen LogP contribution in [0.5, 0.6) is 0 Å². The first-order valence-electron chi connectivity index (χ1n) is 10.4. The summed E-state index contributed by atoms with van der Waals surface area (Å²) in [5.74, 6) is 1.16. The van der Waals surface area contributed by atoms with Crippen molar-refractivity contribution >= 4 is 47.2 Å². The molecule has 0 saturated carbocycles. The summed E-state index contributed by atoms with van der Waals surface area (Å²) in [5, 5.41) is 7.88. The van der Waals surface area contributed by atoms with Gasteiger partial charge in [0.15, 0.2) is 5.96 Å². The molecule has 1 aliphatic heterocycles. The Balaban J connectivity index is 0.00000392. The van der Waals surface area contributed by atoms with E-state index < -0.39 is 0 Å². The summed E-state index contributed by atoms with van der Waals surface area (Å²) in [6, 6.07) is 0. The van der Waals surface area contributed by atoms with Crippen molar-refractivity contribution in [3.8, 4) is 0 Å². The van der Waals surface area contributed by atoms with Crippen molar-refractivity contribution in [3.05, 3.63) is 15.6 Å². The highest BCUT2D eigenvalue weighted by molar-refractivity contribution is 14.0. The van der Waals surface area contributed by atoms with Crippen molar-refractivity contribution in [2.45, 2.75) is 65.7 Å². The lowest BCUT2D eigenvalue weighted by molar-refractivity contribution is -0.130. The van der Waals surface area contributed by atoms with Crippen LogP contribution in [0.2, 0.25) is 0 Å². The second kappa shape index (κ2) is 14.1. The zero-order valence-electron chi connectivity index (χ0n) is 17.6. The number of carbonyl (C=O) groups excluding carboxylic acids is 1. The van der Waals surface area contributed by atoms with E-state index in [1.54, 1.807) is 11.3 Å². The lowest BCUT2D eigenvalue weighted by Gasteiger charge is -2.20. The third kappa shape index (κ3) is 8.63. The summed E-state index contributed by atoms with van der Waals surface area (Å²) >= 11 is 1.79. The van der Waals surface area contributed by atoms with Crippen molar-refractivity contribution in [1.82, 2.24) is 20.5 Å². The van der Waals surface area contributed by atoms with Gasteiger partial charge in [0.05, 0.1) is 10.7 Å². The number of halogens is 1. The number of amides is 1. The molecule has 6 nitrogen and oxygen atoms in total. The number of nitrogens with one attached hydrogen (secondary N) is 2. The van der Waals surface area contributed by atoms with Crippen LogP contribution in [0.25, 0.3) is 0 Å². The number of aliphatic imine (C=N–C) groups is 1. The van der Waals surface area contributed by atoms with Crippen LogP contribution in [0.1, 0.15) is 61.5 Å². The van der Waals surface area contributed by atoms with Gasteiger partial charge in [-0.1, -0.05) is 13.3 Å². The van der Waals surface area contributed by atoms with Gasteiger partial charge in [0.25, 0.3) is 0 Å². The Hall–Kier alpha value is -0.900. The molecule has 1 aliphatic rings. The fourth-order valence-corrected chi connectivity index (χ4v) is 4.30. The molecule has 2 rings (SSSR count). The Morgan fingerprint density at radius 3 is 2.79 bits per heavy atom. The summed E-state index contributed by atoms with van der Waals surface area (Å²) in [5.41, 5.74) is 1.22. The van der Waals surface area contributed by atoms with Gasteiger partial charge in [-0.3, -0.25) is 9.79 Å². The van der Waals surface area contributed by atoms with Crippen molar-refractivity contribution in [1.29, 1.82) is 0 Å². The van der Waals surface area contributed by atoms with E-state index >= 15 is 0 Å². The van der Waals surface area contributed by atoms with Gasteiger partial charge in [0.2, 0.25) is 5.91 Å². The van der Waals surface area contributed by atoms with Gasteiger partial charge in [-0.25, -0.2) is 4.98 Å². The monoisotopic (exact) mass is 521 g/mol. The molecule has 0 bridgehead atoms. The van der Waals surface area contributed by atoms with E-state index in [1.807, 2.05) is 4.90 Å². The average Bonchev–Trinajstić information content (AvgIpc) is 2.89. The fourth-order valence-electron chi connectivity index (χ4n) is 3.28. The zero-order chi connectivity index (χ0) is 19.5. The van der Waals surface area contributed by atoms with Crippen LogP contribution in [-0.4, -0.2) is 54.5 Å². The molecule has 0 radical (unpaired) electrons. The van der Waals surface area contributed by atoms with Gasteiger partial charge in [-0.05, 0) is 39.5 Å². The molecule has 2 N–H and O–H groups in total. The third-order valence-electron chi connectivity index (χ3n) is 4.77. The van der Waals surface area contributed by atoms with Gasteiger partial charge >= 0.3 is 0 Å². The van der Waals surface area contributed by atoms with E-state index in [1.165, 1.54) is 22.0 Å². The van der Waals surface area contributed by atoms with Gasteiger partial charge in [-0.2, -0.15) is 0 Å². The van der Waals surface area contributed by atoms with Gasteiger partial charge in [0.1, 0.15) is 0 Å². The molecule has 28 heavy (non-hydrogen) atoms. The molecule has 0 unspecified atom stereocenters. The number of hydrogen-bond acceptors (Lipinski definition) is 4. The first kappa shape index (κ1) is 25.1. The highest BCUT2D eigenvalue weighted by Crippen LogP contribution is 2.18. The fraction of sp³-hybridized carbons (Fsp3) is 0.750. The predicted molar refractivity (Wildman–Crippen MR) is 129 cm³/mol. The number of thiazole rings is 1. The number of nitrogens with zero attached hydrogens (tertiary/aromatic N) is 3. The minimum atomic E-state index is 0. The van der Waals surface area contributed by atoms with E-state index in [0.717, 1.165) is 70.8 Å². The van der Waals surface area contributed by atoms with Gasteiger partial charge in [-0.15, -0.1) is 35.3 Å². The number of aromatic nitrogens is 1. The number of rotatable bonds is 9. The Morgan fingerprint density at radius 1 is 1.25 bits per heavy atom. The molecule has 1 saturated heterocycles. The largest absolute Gasteiger partial charge is 0.357 e. The molecule has 1 aromatic heterocycles. The summed E-state index contributed by atoms with van der Waals surface area (Å²) in [4.78, 5) is 24.7. The Labute approximate surface area is 191 Å². The molecule has 1 fully saturated rings. The van der Waals surface area contributed by atoms with Gasteiger partial charge in [0, 0.05) is 50.4 Å². The van der Waals surface area contributed by atoms with Crippen LogP contribution in [-0.2, 0) is 17.6 Å². The molecular formula is C20H36IN5OS. The van der Waals surface area contributed by atoms with Crippen LogP contribution >= 0.6 is 35.3 Å². The van der Waals surface area contributed by atoms with Gasteiger partial charge < -0.3 is 15.5 Å². The zero-order valence-corrected chi connectivity index (χ0v) is 20.7. The van der Waals surface area contributed by atoms with Crippen LogP contribution in [0.4, 0.5) is 0 Å². The quantitative estimate of drug-likeness (QED) is 0.226. The summed E-state index contributed by atoms with van der Waals surface area (Å²) in [7, 11) is 0. The molecule has 1 aromatic rings. The third-order valence-corrected chi connectivity index (χ3v) is 5.85. The van der Waals surface area contributed by atoms with E-state index in [4.69, 9.17) is 4.98 Å². The van der Waals surface area contributed by atoms with E-state index in [9.17, 15) is 4.79 Å². The van der Waals surface area contributed by atoms with Crippen LogP contribution < -0.4 is 10.6 Å².